The third kappa shape index (κ3) is 6.04. The minimum Gasteiger partial charge on any atom is -0.466 e. The van der Waals surface area contributed by atoms with E-state index in [1.807, 2.05) is 31.2 Å². The van der Waals surface area contributed by atoms with Gasteiger partial charge < -0.3 is 14.8 Å². The van der Waals surface area contributed by atoms with Gasteiger partial charge in [-0.1, -0.05) is 17.7 Å². The van der Waals surface area contributed by atoms with E-state index in [9.17, 15) is 4.79 Å². The number of carbonyl (C=O) groups excluding carboxylic acids is 1. The quantitative estimate of drug-likeness (QED) is 0.596. The lowest BCUT2D eigenvalue weighted by Crippen LogP contribution is -2.19. The molecule has 0 saturated carbocycles. The Hall–Kier alpha value is -2.47. The van der Waals surface area contributed by atoms with Crippen LogP contribution in [-0.2, 0) is 16.1 Å². The average Bonchev–Trinajstić information content (AvgIpc) is 2.55. The van der Waals surface area contributed by atoms with Gasteiger partial charge in [-0.15, -0.1) is 0 Å². The third-order valence-corrected chi connectivity index (χ3v) is 3.05. The molecular formula is C17H21N3O3. The van der Waals surface area contributed by atoms with Crippen molar-refractivity contribution in [2.45, 2.75) is 26.8 Å². The van der Waals surface area contributed by atoms with Crippen molar-refractivity contribution in [3.63, 3.8) is 0 Å². The van der Waals surface area contributed by atoms with Crippen molar-refractivity contribution >= 4 is 5.97 Å². The molecule has 122 valence electrons. The molecule has 0 aliphatic rings. The Kier molecular flexibility index (Phi) is 6.50. The van der Waals surface area contributed by atoms with Gasteiger partial charge in [0.1, 0.15) is 5.75 Å². The lowest BCUT2D eigenvalue weighted by Gasteiger charge is -2.06. The van der Waals surface area contributed by atoms with Gasteiger partial charge in [0, 0.05) is 31.0 Å². The highest BCUT2D eigenvalue weighted by Crippen LogP contribution is 2.17. The Bertz CT molecular complexity index is 612. The largest absolute Gasteiger partial charge is 0.466 e. The number of nitrogens with zero attached hydrogens (tertiary/aromatic N) is 2. The molecule has 1 heterocycles. The highest BCUT2D eigenvalue weighted by molar-refractivity contribution is 5.69. The number of ether oxygens (including phenoxy) is 2. The Morgan fingerprint density at radius 2 is 1.87 bits per heavy atom. The summed E-state index contributed by atoms with van der Waals surface area (Å²) in [5.41, 5.74) is 2.09. The lowest BCUT2D eigenvalue weighted by molar-refractivity contribution is -0.142. The third-order valence-electron chi connectivity index (χ3n) is 3.05. The number of benzene rings is 1. The summed E-state index contributed by atoms with van der Waals surface area (Å²) in [6, 6.07) is 8.01. The van der Waals surface area contributed by atoms with Crippen LogP contribution in [0.2, 0.25) is 0 Å². The zero-order chi connectivity index (χ0) is 16.5. The summed E-state index contributed by atoms with van der Waals surface area (Å²) in [5, 5.41) is 3.14. The van der Waals surface area contributed by atoms with Crippen LogP contribution in [0, 0.1) is 6.92 Å². The first kappa shape index (κ1) is 16.9. The molecule has 1 aromatic heterocycles. The molecule has 6 nitrogen and oxygen atoms in total. The second-order valence-electron chi connectivity index (χ2n) is 5.02. The fourth-order valence-corrected chi connectivity index (χ4v) is 1.85. The number of nitrogens with one attached hydrogen (secondary N) is 1. The smallest absolute Gasteiger partial charge is 0.321 e. The van der Waals surface area contributed by atoms with Gasteiger partial charge in [-0.3, -0.25) is 4.79 Å². The summed E-state index contributed by atoms with van der Waals surface area (Å²) in [4.78, 5) is 19.5. The molecule has 2 aromatic rings. The molecule has 2 rings (SSSR count). The summed E-state index contributed by atoms with van der Waals surface area (Å²) in [5.74, 6) is 0.508. The molecule has 0 bridgehead atoms. The van der Waals surface area contributed by atoms with Crippen LogP contribution in [0.1, 0.15) is 24.5 Å². The Labute approximate surface area is 135 Å². The molecule has 0 aliphatic heterocycles. The molecule has 0 atom stereocenters. The first-order chi connectivity index (χ1) is 11.2. The van der Waals surface area contributed by atoms with E-state index in [0.29, 0.717) is 37.9 Å². The van der Waals surface area contributed by atoms with E-state index >= 15 is 0 Å². The van der Waals surface area contributed by atoms with E-state index in [-0.39, 0.29) is 5.97 Å². The van der Waals surface area contributed by atoms with E-state index in [2.05, 4.69) is 15.3 Å². The molecule has 0 spiro atoms. The topological polar surface area (TPSA) is 73.3 Å². The number of hydrogen-bond acceptors (Lipinski definition) is 6. The van der Waals surface area contributed by atoms with Gasteiger partial charge in [0.05, 0.1) is 13.0 Å². The van der Waals surface area contributed by atoms with E-state index in [1.165, 1.54) is 5.56 Å². The first-order valence-electron chi connectivity index (χ1n) is 7.59. The summed E-state index contributed by atoms with van der Waals surface area (Å²) in [6.07, 6.45) is 3.76. The van der Waals surface area contributed by atoms with Crippen molar-refractivity contribution in [3.8, 4) is 11.8 Å². The second-order valence-corrected chi connectivity index (χ2v) is 5.02. The van der Waals surface area contributed by atoms with Gasteiger partial charge in [0.15, 0.2) is 0 Å². The summed E-state index contributed by atoms with van der Waals surface area (Å²) in [6.45, 7) is 5.37. The van der Waals surface area contributed by atoms with E-state index in [1.54, 1.807) is 19.3 Å². The van der Waals surface area contributed by atoms with Crippen LogP contribution in [0.3, 0.4) is 0 Å². The van der Waals surface area contributed by atoms with Crippen LogP contribution >= 0.6 is 0 Å². The minimum atomic E-state index is -0.196. The summed E-state index contributed by atoms with van der Waals surface area (Å²) in [7, 11) is 0. The van der Waals surface area contributed by atoms with Gasteiger partial charge in [-0.2, -0.15) is 0 Å². The van der Waals surface area contributed by atoms with Crippen LogP contribution in [0.4, 0.5) is 0 Å². The fraction of sp³-hybridized carbons (Fsp3) is 0.353. The molecule has 0 unspecified atom stereocenters. The molecule has 1 aromatic carbocycles. The Morgan fingerprint density at radius 1 is 1.17 bits per heavy atom. The van der Waals surface area contributed by atoms with Crippen molar-refractivity contribution in [3.05, 3.63) is 47.8 Å². The van der Waals surface area contributed by atoms with Crippen molar-refractivity contribution in [2.75, 3.05) is 13.2 Å². The zero-order valence-corrected chi connectivity index (χ0v) is 13.4. The van der Waals surface area contributed by atoms with Crippen LogP contribution in [0.15, 0.2) is 36.7 Å². The molecule has 1 N–H and O–H groups in total. The predicted molar refractivity (Wildman–Crippen MR) is 86.2 cm³/mol. The van der Waals surface area contributed by atoms with Crippen LogP contribution in [0.5, 0.6) is 11.8 Å². The van der Waals surface area contributed by atoms with Crippen LogP contribution < -0.4 is 10.1 Å². The number of carbonyl (C=O) groups is 1. The second kappa shape index (κ2) is 8.85. The number of rotatable bonds is 8. The SMILES string of the molecule is CCOC(=O)CCNCc1cnc(Oc2ccc(C)cc2)nc1. The molecule has 23 heavy (non-hydrogen) atoms. The van der Waals surface area contributed by atoms with E-state index in [4.69, 9.17) is 9.47 Å². The van der Waals surface area contributed by atoms with Crippen molar-refractivity contribution in [1.82, 2.24) is 15.3 Å². The van der Waals surface area contributed by atoms with Gasteiger partial charge in [0.2, 0.25) is 0 Å². The maximum Gasteiger partial charge on any atom is 0.321 e. The monoisotopic (exact) mass is 315 g/mol. The summed E-state index contributed by atoms with van der Waals surface area (Å²) < 4.78 is 10.4. The normalized spacial score (nSPS) is 10.3. The standard InChI is InChI=1S/C17H21N3O3/c1-3-22-16(21)8-9-18-10-14-11-19-17(20-12-14)23-15-6-4-13(2)5-7-15/h4-7,11-12,18H,3,8-10H2,1-2H3. The maximum absolute atomic E-state index is 11.2. The number of esters is 1. The average molecular weight is 315 g/mol. The molecule has 0 radical (unpaired) electrons. The van der Waals surface area contributed by atoms with Crippen LogP contribution in [0.25, 0.3) is 0 Å². The van der Waals surface area contributed by atoms with Gasteiger partial charge in [0.25, 0.3) is 0 Å². The number of aryl methyl sites for hydroxylation is 1. The predicted octanol–water partition coefficient (Wildman–Crippen LogP) is 2.62. The molecule has 0 saturated heterocycles. The summed E-state index contributed by atoms with van der Waals surface area (Å²) >= 11 is 0. The van der Waals surface area contributed by atoms with E-state index in [0.717, 1.165) is 5.56 Å². The Balaban J connectivity index is 1.76. The van der Waals surface area contributed by atoms with Gasteiger partial charge in [-0.25, -0.2) is 9.97 Å². The fourth-order valence-electron chi connectivity index (χ4n) is 1.85. The highest BCUT2D eigenvalue weighted by atomic mass is 16.5. The molecule has 0 fully saturated rings. The molecular weight excluding hydrogens is 294 g/mol. The molecule has 6 heteroatoms. The van der Waals surface area contributed by atoms with E-state index < -0.39 is 0 Å². The van der Waals surface area contributed by atoms with Crippen molar-refractivity contribution in [1.29, 1.82) is 0 Å². The number of aromatic nitrogens is 2. The Morgan fingerprint density at radius 3 is 2.52 bits per heavy atom. The van der Waals surface area contributed by atoms with Crippen molar-refractivity contribution in [2.24, 2.45) is 0 Å². The molecule has 0 amide bonds. The molecule has 0 aliphatic carbocycles. The highest BCUT2D eigenvalue weighted by Gasteiger charge is 2.03. The first-order valence-corrected chi connectivity index (χ1v) is 7.59. The number of hydrogen-bond donors (Lipinski definition) is 1. The van der Waals surface area contributed by atoms with Gasteiger partial charge >= 0.3 is 12.0 Å². The zero-order valence-electron chi connectivity index (χ0n) is 13.4. The lowest BCUT2D eigenvalue weighted by atomic mass is 10.2. The maximum atomic E-state index is 11.2. The van der Waals surface area contributed by atoms with Gasteiger partial charge in [-0.05, 0) is 26.0 Å². The minimum absolute atomic E-state index is 0.196. The van der Waals surface area contributed by atoms with Crippen LogP contribution in [-0.4, -0.2) is 29.1 Å². The van der Waals surface area contributed by atoms with Crippen molar-refractivity contribution < 1.29 is 14.3 Å².